The van der Waals surface area contributed by atoms with Gasteiger partial charge in [-0.15, -0.1) is 10.2 Å². The minimum absolute atomic E-state index is 0.0134. The molecule has 7 rings (SSSR count). The molecule has 2 aromatic carbocycles. The van der Waals surface area contributed by atoms with Crippen molar-refractivity contribution in [2.24, 2.45) is 7.05 Å². The van der Waals surface area contributed by atoms with Gasteiger partial charge in [0.05, 0.1) is 42.9 Å². The van der Waals surface area contributed by atoms with E-state index in [2.05, 4.69) is 27.8 Å². The smallest absolute Gasteiger partial charge is 0.381 e. The van der Waals surface area contributed by atoms with Crippen LogP contribution < -0.4 is 15.5 Å². The van der Waals surface area contributed by atoms with E-state index in [0.29, 0.717) is 37.3 Å². The minimum atomic E-state index is -4.59. The first-order valence-electron chi connectivity index (χ1n) is 15.1. The lowest BCUT2D eigenvalue weighted by Crippen LogP contribution is -2.48. The predicted molar refractivity (Wildman–Crippen MR) is 158 cm³/mol. The molecule has 0 unspecified atom stereocenters. The molecule has 12 heteroatoms. The van der Waals surface area contributed by atoms with Crippen LogP contribution >= 0.6 is 0 Å². The van der Waals surface area contributed by atoms with Crippen LogP contribution in [0.15, 0.2) is 36.7 Å². The van der Waals surface area contributed by atoms with Crippen molar-refractivity contribution in [3.8, 4) is 0 Å². The summed E-state index contributed by atoms with van der Waals surface area (Å²) in [5.41, 5.74) is 1.42. The zero-order chi connectivity index (χ0) is 30.9. The quantitative estimate of drug-likeness (QED) is 0.355. The fourth-order valence-corrected chi connectivity index (χ4v) is 7.06. The molecule has 0 spiro atoms. The van der Waals surface area contributed by atoms with Crippen LogP contribution in [0, 0.1) is 0 Å². The summed E-state index contributed by atoms with van der Waals surface area (Å²) in [6.07, 6.45) is 1.47. The number of methoxy groups -OCH3 is 1. The van der Waals surface area contributed by atoms with Gasteiger partial charge in [-0.05, 0) is 86.1 Å². The third kappa shape index (κ3) is 4.96. The Hall–Kier alpha value is -3.48. The van der Waals surface area contributed by atoms with Gasteiger partial charge < -0.3 is 29.6 Å². The van der Waals surface area contributed by atoms with E-state index in [1.54, 1.807) is 19.5 Å². The van der Waals surface area contributed by atoms with Crippen molar-refractivity contribution in [1.29, 1.82) is 0 Å². The number of amides is 1. The molecule has 234 valence electrons. The summed E-state index contributed by atoms with van der Waals surface area (Å²) >= 11 is 0. The van der Waals surface area contributed by atoms with E-state index < -0.39 is 23.1 Å². The van der Waals surface area contributed by atoms with Crippen LogP contribution in [0.2, 0.25) is 0 Å². The number of halogens is 3. The van der Waals surface area contributed by atoms with Gasteiger partial charge in [0.2, 0.25) is 0 Å². The van der Waals surface area contributed by atoms with Gasteiger partial charge in [-0.3, -0.25) is 4.79 Å². The summed E-state index contributed by atoms with van der Waals surface area (Å²) < 4.78 is 56.2. The fourth-order valence-electron chi connectivity index (χ4n) is 7.06. The molecule has 3 aromatic rings. The number of ether oxygens (including phenoxy) is 2. The number of fused-ring (bicyclic) bond motifs is 1. The summed E-state index contributed by atoms with van der Waals surface area (Å²) in [6, 6.07) is 8.74. The number of alkyl halides is 3. The van der Waals surface area contributed by atoms with Gasteiger partial charge in [0.25, 0.3) is 5.91 Å². The van der Waals surface area contributed by atoms with Crippen LogP contribution in [0.5, 0.6) is 0 Å². The van der Waals surface area contributed by atoms with Crippen LogP contribution in [0.4, 0.5) is 24.5 Å². The Bertz CT molecular complexity index is 1590. The lowest BCUT2D eigenvalue weighted by Gasteiger charge is -2.46. The second-order valence-corrected chi connectivity index (χ2v) is 13.1. The van der Waals surface area contributed by atoms with Crippen molar-refractivity contribution in [3.63, 3.8) is 0 Å². The van der Waals surface area contributed by atoms with Gasteiger partial charge in [0, 0.05) is 43.2 Å². The maximum absolute atomic E-state index is 14.4. The molecule has 9 nitrogen and oxygen atoms in total. The largest absolute Gasteiger partial charge is 0.416 e. The molecule has 0 atom stereocenters. The Kier molecular flexibility index (Phi) is 7.02. The lowest BCUT2D eigenvalue weighted by molar-refractivity contribution is -0.138. The van der Waals surface area contributed by atoms with Crippen LogP contribution in [0.3, 0.4) is 0 Å². The number of hydrogen-bond donors (Lipinski definition) is 2. The van der Waals surface area contributed by atoms with E-state index in [9.17, 15) is 18.0 Å². The Morgan fingerprint density at radius 3 is 2.50 bits per heavy atom. The molecule has 0 radical (unpaired) electrons. The average Bonchev–Trinajstić information content (AvgIpc) is 3.50. The minimum Gasteiger partial charge on any atom is -0.381 e. The van der Waals surface area contributed by atoms with Crippen molar-refractivity contribution in [2.45, 2.75) is 81.4 Å². The predicted octanol–water partition coefficient (Wildman–Crippen LogP) is 4.93. The second kappa shape index (κ2) is 10.6. The molecule has 1 saturated heterocycles. The molecule has 2 saturated carbocycles. The summed E-state index contributed by atoms with van der Waals surface area (Å²) in [4.78, 5) is 15.4. The highest BCUT2D eigenvalue weighted by Gasteiger charge is 2.51. The van der Waals surface area contributed by atoms with Crippen LogP contribution in [-0.4, -0.2) is 58.7 Å². The van der Waals surface area contributed by atoms with E-state index in [1.165, 1.54) is 11.0 Å². The highest BCUT2D eigenvalue weighted by molar-refractivity contribution is 6.10. The number of benzene rings is 2. The number of aryl methyl sites for hydroxylation is 1. The summed E-state index contributed by atoms with van der Waals surface area (Å²) in [6.45, 7) is 3.30. The van der Waals surface area contributed by atoms with Crippen molar-refractivity contribution < 1.29 is 27.4 Å². The molecule has 1 aromatic heterocycles. The standard InChI is InChI=1S/C32H37F3N6O3/c1-30(5-4-6-30)36-14-19-7-25-26(27(8-19)32(33,34)35)15-41(28(25)42)23-10-20(9-21(11-23)38-22-16-44-17-22)31(12-24(13-31)43-3)29-39-37-18-40(29)2/h7-11,18,22,24,36,38H,4-6,12-17H2,1-3H3/t24-,31-. The molecular weight excluding hydrogens is 573 g/mol. The van der Waals surface area contributed by atoms with Gasteiger partial charge in [0.1, 0.15) is 12.2 Å². The number of nitrogens with zero attached hydrogens (tertiary/aromatic N) is 4. The first-order valence-corrected chi connectivity index (χ1v) is 15.1. The van der Waals surface area contributed by atoms with E-state index in [-0.39, 0.29) is 41.9 Å². The van der Waals surface area contributed by atoms with E-state index in [1.807, 2.05) is 29.8 Å². The molecule has 4 aliphatic rings. The Morgan fingerprint density at radius 2 is 1.91 bits per heavy atom. The van der Waals surface area contributed by atoms with Crippen molar-refractivity contribution >= 4 is 17.3 Å². The molecule has 3 heterocycles. The number of anilines is 2. The number of carbonyl (C=O) groups excluding carboxylic acids is 1. The fraction of sp³-hybridized carbons (Fsp3) is 0.531. The van der Waals surface area contributed by atoms with Gasteiger partial charge >= 0.3 is 6.18 Å². The molecule has 44 heavy (non-hydrogen) atoms. The van der Waals surface area contributed by atoms with Crippen LogP contribution in [0.25, 0.3) is 0 Å². The van der Waals surface area contributed by atoms with Gasteiger partial charge in [-0.1, -0.05) is 0 Å². The molecular formula is C32H37F3N6O3. The zero-order valence-electron chi connectivity index (χ0n) is 25.1. The van der Waals surface area contributed by atoms with Crippen LogP contribution in [0.1, 0.15) is 77.5 Å². The summed E-state index contributed by atoms with van der Waals surface area (Å²) in [5, 5.41) is 15.5. The van der Waals surface area contributed by atoms with Crippen LogP contribution in [-0.2, 0) is 41.2 Å². The molecule has 2 aliphatic carbocycles. The zero-order valence-corrected chi connectivity index (χ0v) is 25.1. The van der Waals surface area contributed by atoms with E-state index in [4.69, 9.17) is 9.47 Å². The maximum Gasteiger partial charge on any atom is 0.416 e. The number of rotatable bonds is 9. The monoisotopic (exact) mass is 610 g/mol. The summed E-state index contributed by atoms with van der Waals surface area (Å²) in [7, 11) is 3.57. The first-order chi connectivity index (χ1) is 21.0. The number of carbonyl (C=O) groups is 1. The van der Waals surface area contributed by atoms with E-state index in [0.717, 1.165) is 36.3 Å². The average molecular weight is 611 g/mol. The number of hydrogen-bond acceptors (Lipinski definition) is 7. The normalized spacial score (nSPS) is 24.5. The third-order valence-electron chi connectivity index (χ3n) is 10.00. The number of nitrogens with one attached hydrogen (secondary N) is 2. The Morgan fingerprint density at radius 1 is 1.14 bits per heavy atom. The Balaban J connectivity index is 1.28. The van der Waals surface area contributed by atoms with Crippen molar-refractivity contribution in [1.82, 2.24) is 20.1 Å². The maximum atomic E-state index is 14.4. The highest BCUT2D eigenvalue weighted by Crippen LogP contribution is 2.51. The molecule has 2 aliphatic heterocycles. The molecule has 2 N–H and O–H groups in total. The number of aromatic nitrogens is 3. The third-order valence-corrected chi connectivity index (χ3v) is 10.00. The lowest BCUT2D eigenvalue weighted by atomic mass is 9.61. The Labute approximate surface area is 254 Å². The SMILES string of the molecule is CO[C@H]1C[C@](c2cc(NC3COC3)cc(N3Cc4c(cc(CNC5(C)CCC5)cc4C(F)(F)F)C3=O)c2)(c2nncn2C)C1. The molecule has 3 fully saturated rings. The van der Waals surface area contributed by atoms with Gasteiger partial charge in [0.15, 0.2) is 0 Å². The van der Waals surface area contributed by atoms with E-state index >= 15 is 0 Å². The van der Waals surface area contributed by atoms with Gasteiger partial charge in [-0.25, -0.2) is 0 Å². The highest BCUT2D eigenvalue weighted by atomic mass is 19.4. The van der Waals surface area contributed by atoms with Gasteiger partial charge in [-0.2, -0.15) is 13.2 Å². The molecule has 0 bridgehead atoms. The summed E-state index contributed by atoms with van der Waals surface area (Å²) in [5.74, 6) is 0.335. The van der Waals surface area contributed by atoms with Crippen molar-refractivity contribution in [2.75, 3.05) is 30.5 Å². The van der Waals surface area contributed by atoms with Crippen molar-refractivity contribution in [3.05, 3.63) is 70.3 Å². The molecule has 1 amide bonds. The first kappa shape index (κ1) is 29.2. The second-order valence-electron chi connectivity index (χ2n) is 13.1. The topological polar surface area (TPSA) is 93.5 Å².